The Balaban J connectivity index is 2.11. The number of nitrogens with zero attached hydrogens (tertiary/aromatic N) is 3. The standard InChI is InChI=1S/C19H19N3O2S/c1-4-12-25-19-21-20-18(14-6-5-7-17(13-14)24-3)22(19)15-8-10-16(23-2)11-9-15/h4-11,13H,1,12H2,2-3H3. The van der Waals surface area contributed by atoms with Gasteiger partial charge in [0, 0.05) is 17.0 Å². The third-order valence-corrected chi connectivity index (χ3v) is 4.55. The highest BCUT2D eigenvalue weighted by atomic mass is 32.2. The summed E-state index contributed by atoms with van der Waals surface area (Å²) in [5.74, 6) is 3.10. The Morgan fingerprint density at radius 1 is 1.04 bits per heavy atom. The number of rotatable bonds is 7. The van der Waals surface area contributed by atoms with Crippen molar-refractivity contribution >= 4 is 11.8 Å². The molecule has 0 aliphatic carbocycles. The minimum atomic E-state index is 0.756. The molecule has 0 bridgehead atoms. The third kappa shape index (κ3) is 3.69. The topological polar surface area (TPSA) is 49.2 Å². The van der Waals surface area contributed by atoms with Gasteiger partial charge < -0.3 is 9.47 Å². The van der Waals surface area contributed by atoms with Crippen LogP contribution in [-0.2, 0) is 0 Å². The zero-order chi connectivity index (χ0) is 17.6. The molecule has 0 fully saturated rings. The molecule has 0 unspecified atom stereocenters. The summed E-state index contributed by atoms with van der Waals surface area (Å²) in [6, 6.07) is 15.6. The van der Waals surface area contributed by atoms with Gasteiger partial charge in [-0.1, -0.05) is 30.0 Å². The molecule has 3 aromatic rings. The van der Waals surface area contributed by atoms with E-state index in [1.165, 1.54) is 0 Å². The van der Waals surface area contributed by atoms with Crippen molar-refractivity contribution in [3.05, 3.63) is 61.2 Å². The van der Waals surface area contributed by atoms with Crippen LogP contribution in [0.2, 0.25) is 0 Å². The van der Waals surface area contributed by atoms with E-state index in [-0.39, 0.29) is 0 Å². The van der Waals surface area contributed by atoms with Crippen LogP contribution in [0.15, 0.2) is 66.3 Å². The van der Waals surface area contributed by atoms with Gasteiger partial charge in [0.15, 0.2) is 11.0 Å². The van der Waals surface area contributed by atoms with Gasteiger partial charge in [0.2, 0.25) is 0 Å². The summed E-state index contributed by atoms with van der Waals surface area (Å²) in [6.45, 7) is 3.78. The summed E-state index contributed by atoms with van der Waals surface area (Å²) in [7, 11) is 3.31. The normalized spacial score (nSPS) is 10.5. The van der Waals surface area contributed by atoms with Crippen molar-refractivity contribution in [1.29, 1.82) is 0 Å². The quantitative estimate of drug-likeness (QED) is 0.470. The van der Waals surface area contributed by atoms with Gasteiger partial charge in [-0.3, -0.25) is 4.57 Å². The monoisotopic (exact) mass is 353 g/mol. The van der Waals surface area contributed by atoms with Crippen molar-refractivity contribution < 1.29 is 9.47 Å². The Morgan fingerprint density at radius 2 is 1.80 bits per heavy atom. The molecule has 1 heterocycles. The second-order valence-electron chi connectivity index (χ2n) is 5.17. The molecule has 0 spiro atoms. The average Bonchev–Trinajstić information content (AvgIpc) is 3.10. The smallest absolute Gasteiger partial charge is 0.196 e. The van der Waals surface area contributed by atoms with Crippen molar-refractivity contribution in [2.24, 2.45) is 0 Å². The van der Waals surface area contributed by atoms with E-state index in [9.17, 15) is 0 Å². The lowest BCUT2D eigenvalue weighted by Crippen LogP contribution is -2.00. The number of methoxy groups -OCH3 is 2. The van der Waals surface area contributed by atoms with Gasteiger partial charge in [0.1, 0.15) is 11.5 Å². The van der Waals surface area contributed by atoms with E-state index >= 15 is 0 Å². The van der Waals surface area contributed by atoms with Crippen molar-refractivity contribution in [2.75, 3.05) is 20.0 Å². The van der Waals surface area contributed by atoms with Crippen LogP contribution in [0.5, 0.6) is 11.5 Å². The van der Waals surface area contributed by atoms with Gasteiger partial charge in [-0.2, -0.15) is 0 Å². The van der Waals surface area contributed by atoms with Crippen LogP contribution in [0.1, 0.15) is 0 Å². The van der Waals surface area contributed by atoms with Crippen LogP contribution in [0, 0.1) is 0 Å². The molecule has 2 aromatic carbocycles. The number of hydrogen-bond donors (Lipinski definition) is 0. The highest BCUT2D eigenvalue weighted by Gasteiger charge is 2.16. The van der Waals surface area contributed by atoms with Crippen LogP contribution in [0.3, 0.4) is 0 Å². The van der Waals surface area contributed by atoms with Gasteiger partial charge in [0.25, 0.3) is 0 Å². The van der Waals surface area contributed by atoms with Crippen LogP contribution in [-0.4, -0.2) is 34.7 Å². The van der Waals surface area contributed by atoms with Crippen LogP contribution in [0.25, 0.3) is 17.1 Å². The number of aromatic nitrogens is 3. The molecule has 1 aromatic heterocycles. The predicted molar refractivity (Wildman–Crippen MR) is 101 cm³/mol. The van der Waals surface area contributed by atoms with Crippen molar-refractivity contribution in [2.45, 2.75) is 5.16 Å². The summed E-state index contributed by atoms with van der Waals surface area (Å²) in [5, 5.41) is 9.57. The van der Waals surface area contributed by atoms with Crippen molar-refractivity contribution in [3.63, 3.8) is 0 Å². The van der Waals surface area contributed by atoms with Gasteiger partial charge in [-0.15, -0.1) is 16.8 Å². The van der Waals surface area contributed by atoms with Gasteiger partial charge in [-0.25, -0.2) is 0 Å². The molecule has 0 saturated heterocycles. The number of hydrogen-bond acceptors (Lipinski definition) is 5. The van der Waals surface area contributed by atoms with Gasteiger partial charge in [0.05, 0.1) is 14.2 Å². The largest absolute Gasteiger partial charge is 0.497 e. The van der Waals surface area contributed by atoms with E-state index < -0.39 is 0 Å². The molecule has 0 radical (unpaired) electrons. The molecule has 0 aliphatic rings. The van der Waals surface area contributed by atoms with E-state index in [0.29, 0.717) is 0 Å². The molecule has 3 rings (SSSR count). The molecule has 5 nitrogen and oxygen atoms in total. The number of benzene rings is 2. The average molecular weight is 353 g/mol. The molecule has 0 saturated carbocycles. The maximum atomic E-state index is 5.33. The Kier molecular flexibility index (Phi) is 5.40. The zero-order valence-corrected chi connectivity index (χ0v) is 15.0. The molecular formula is C19H19N3O2S. The molecule has 0 atom stereocenters. The van der Waals surface area contributed by atoms with E-state index in [0.717, 1.165) is 39.5 Å². The molecule has 128 valence electrons. The SMILES string of the molecule is C=CCSc1nnc(-c2cccc(OC)c2)n1-c1ccc(OC)cc1. The van der Waals surface area contributed by atoms with E-state index in [1.807, 2.05) is 59.2 Å². The van der Waals surface area contributed by atoms with Gasteiger partial charge in [-0.05, 0) is 36.4 Å². The summed E-state index contributed by atoms with van der Waals surface area (Å²) < 4.78 is 12.6. The van der Waals surface area contributed by atoms with Crippen LogP contribution in [0.4, 0.5) is 0 Å². The van der Waals surface area contributed by atoms with Crippen molar-refractivity contribution in [1.82, 2.24) is 14.8 Å². The first-order valence-corrected chi connectivity index (χ1v) is 8.73. The second kappa shape index (κ2) is 7.90. The molecule has 0 N–H and O–H groups in total. The molecule has 0 aliphatic heterocycles. The Hall–Kier alpha value is -2.73. The lowest BCUT2D eigenvalue weighted by Gasteiger charge is -2.11. The molecule has 6 heteroatoms. The molecule has 0 amide bonds. The van der Waals surface area contributed by atoms with E-state index in [2.05, 4.69) is 16.8 Å². The predicted octanol–water partition coefficient (Wildman–Crippen LogP) is 4.23. The fraction of sp³-hybridized carbons (Fsp3) is 0.158. The highest BCUT2D eigenvalue weighted by molar-refractivity contribution is 7.99. The summed E-state index contributed by atoms with van der Waals surface area (Å²) >= 11 is 1.59. The Morgan fingerprint density at radius 3 is 2.48 bits per heavy atom. The Bertz CT molecular complexity index is 859. The Labute approximate surface area is 151 Å². The minimum absolute atomic E-state index is 0.756. The van der Waals surface area contributed by atoms with E-state index in [1.54, 1.807) is 26.0 Å². The van der Waals surface area contributed by atoms with Crippen LogP contribution >= 0.6 is 11.8 Å². The van der Waals surface area contributed by atoms with E-state index in [4.69, 9.17) is 9.47 Å². The lowest BCUT2D eigenvalue weighted by atomic mass is 10.2. The zero-order valence-electron chi connectivity index (χ0n) is 14.2. The van der Waals surface area contributed by atoms with Crippen LogP contribution < -0.4 is 9.47 Å². The highest BCUT2D eigenvalue weighted by Crippen LogP contribution is 2.30. The number of ether oxygens (including phenoxy) is 2. The first-order valence-electron chi connectivity index (χ1n) is 7.74. The lowest BCUT2D eigenvalue weighted by molar-refractivity contribution is 0.414. The van der Waals surface area contributed by atoms with Crippen molar-refractivity contribution in [3.8, 4) is 28.6 Å². The third-order valence-electron chi connectivity index (χ3n) is 3.62. The summed E-state index contributed by atoms with van der Waals surface area (Å²) in [5.41, 5.74) is 1.91. The number of thioether (sulfide) groups is 1. The minimum Gasteiger partial charge on any atom is -0.497 e. The summed E-state index contributed by atoms with van der Waals surface area (Å²) in [6.07, 6.45) is 1.85. The molecular weight excluding hydrogens is 334 g/mol. The maximum absolute atomic E-state index is 5.33. The summed E-state index contributed by atoms with van der Waals surface area (Å²) in [4.78, 5) is 0. The fourth-order valence-corrected chi connectivity index (χ4v) is 3.10. The first-order chi connectivity index (χ1) is 12.3. The maximum Gasteiger partial charge on any atom is 0.196 e. The first kappa shape index (κ1) is 17.1. The van der Waals surface area contributed by atoms with Gasteiger partial charge >= 0.3 is 0 Å². The second-order valence-corrected chi connectivity index (χ2v) is 6.16. The molecule has 25 heavy (non-hydrogen) atoms. The fourth-order valence-electron chi connectivity index (χ4n) is 2.41.